The Balaban J connectivity index is 0.000000240. The summed E-state index contributed by atoms with van der Waals surface area (Å²) in [5.41, 5.74) is 6.05. The molecular weight excluding hydrogens is 898 g/mol. The molecule has 0 radical (unpaired) electrons. The van der Waals surface area contributed by atoms with E-state index in [1.54, 1.807) is 30.5 Å². The third kappa shape index (κ3) is 21.0. The van der Waals surface area contributed by atoms with E-state index in [1.807, 2.05) is 60.6 Å². The predicted octanol–water partition coefficient (Wildman–Crippen LogP) is 13.1. The topological polar surface area (TPSA) is 148 Å². The highest BCUT2D eigenvalue weighted by Crippen LogP contribution is 2.25. The zero-order valence-corrected chi connectivity index (χ0v) is 45.0. The second-order valence-electron chi connectivity index (χ2n) is 19.0. The molecule has 4 aromatic heterocycles. The summed E-state index contributed by atoms with van der Waals surface area (Å²) in [5, 5.41) is 7.78. The van der Waals surface area contributed by atoms with Crippen molar-refractivity contribution < 1.29 is 19.1 Å². The smallest absolute Gasteiger partial charge is 0.409 e. The Kier molecular flexibility index (Phi) is 26.3. The van der Waals surface area contributed by atoms with Gasteiger partial charge in [-0.05, 0) is 109 Å². The Morgan fingerprint density at radius 3 is 1.70 bits per heavy atom. The van der Waals surface area contributed by atoms with Crippen LogP contribution in [0.3, 0.4) is 0 Å². The Bertz CT molecular complexity index is 2240. The van der Waals surface area contributed by atoms with E-state index in [2.05, 4.69) is 135 Å². The lowest BCUT2D eigenvalue weighted by Crippen LogP contribution is -2.42. The molecule has 0 aliphatic carbocycles. The molecule has 0 saturated carbocycles. The zero-order valence-electron chi connectivity index (χ0n) is 44.3. The van der Waals surface area contributed by atoms with E-state index < -0.39 is 0 Å². The van der Waals surface area contributed by atoms with Crippen molar-refractivity contribution in [2.75, 3.05) is 50.5 Å². The first-order valence-corrected chi connectivity index (χ1v) is 25.4. The van der Waals surface area contributed by atoms with Gasteiger partial charge in [0.15, 0.2) is 0 Å². The standard InChI is InChI=1S/C15H23N3O2.C14H22N4O.C10H15NO.C9H11Cl.C8H11N/c1-11(2)12-4-7-16-14(10-12)17-13-5-8-18(9-6-13)15(19)20-3;1-10(2)13-8-14(16-9-15-13)17-12-4-6-18(7-5-12)11(3)19;1-4-12-10-9(8(2)3)6-5-7-11-10;1-7(2)8-5-3-4-6-9(8)10;1-7(2)8-4-3-5-9-6-8/h4,7,10-11,13H,5-6,8-9H2,1-3H3,(H,16,17);8-10,12H,4-7H2,1-3H3,(H,15,16,17);5-8H,4H2,1-3H3;3-7H,1-2H3;3-7H,1-2H3. The summed E-state index contributed by atoms with van der Waals surface area (Å²) in [7, 11) is 1.42. The minimum absolute atomic E-state index is 0.169. The third-order valence-corrected chi connectivity index (χ3v) is 12.2. The molecule has 70 heavy (non-hydrogen) atoms. The molecule has 2 N–H and O–H groups in total. The molecule has 0 unspecified atom stereocenters. The van der Waals surface area contributed by atoms with Crippen LogP contribution in [0, 0.1) is 0 Å². The number of methoxy groups -OCH3 is 1. The lowest BCUT2D eigenvalue weighted by molar-refractivity contribution is -0.129. The second kappa shape index (κ2) is 31.4. The van der Waals surface area contributed by atoms with Gasteiger partial charge in [0.05, 0.1) is 13.7 Å². The van der Waals surface area contributed by atoms with Gasteiger partial charge < -0.3 is 29.9 Å². The van der Waals surface area contributed by atoms with Crippen LogP contribution in [-0.2, 0) is 9.53 Å². The van der Waals surface area contributed by atoms with Gasteiger partial charge >= 0.3 is 6.09 Å². The molecule has 14 heteroatoms. The first-order valence-electron chi connectivity index (χ1n) is 25.0. The van der Waals surface area contributed by atoms with Crippen LogP contribution in [-0.4, -0.2) is 98.7 Å². The van der Waals surface area contributed by atoms with Gasteiger partial charge in [-0.3, -0.25) is 9.78 Å². The first-order chi connectivity index (χ1) is 33.4. The van der Waals surface area contributed by atoms with Gasteiger partial charge in [0, 0.05) is 92.3 Å². The Labute approximate surface area is 425 Å². The van der Waals surface area contributed by atoms with E-state index in [-0.39, 0.29) is 12.0 Å². The molecule has 2 amide bonds. The molecule has 1 aromatic carbocycles. The van der Waals surface area contributed by atoms with Crippen LogP contribution >= 0.6 is 11.6 Å². The Morgan fingerprint density at radius 1 is 0.643 bits per heavy atom. The summed E-state index contributed by atoms with van der Waals surface area (Å²) >= 11 is 5.92. The van der Waals surface area contributed by atoms with Crippen molar-refractivity contribution in [3.63, 3.8) is 0 Å². The van der Waals surface area contributed by atoms with Gasteiger partial charge in [0.25, 0.3) is 0 Å². The summed E-state index contributed by atoms with van der Waals surface area (Å²) in [6.07, 6.45) is 12.5. The van der Waals surface area contributed by atoms with Gasteiger partial charge in [-0.15, -0.1) is 0 Å². The van der Waals surface area contributed by atoms with Gasteiger partial charge in [-0.2, -0.15) is 0 Å². The maximum absolute atomic E-state index is 11.4. The Morgan fingerprint density at radius 2 is 1.21 bits per heavy atom. The molecule has 0 bridgehead atoms. The lowest BCUT2D eigenvalue weighted by atomic mass is 10.0. The van der Waals surface area contributed by atoms with Crippen molar-refractivity contribution in [2.45, 2.75) is 150 Å². The number of pyridine rings is 3. The highest BCUT2D eigenvalue weighted by atomic mass is 35.5. The monoisotopic (exact) mass is 980 g/mol. The lowest BCUT2D eigenvalue weighted by Gasteiger charge is -2.32. The average Bonchev–Trinajstić information content (AvgIpc) is 3.35. The highest BCUT2D eigenvalue weighted by Gasteiger charge is 2.24. The van der Waals surface area contributed by atoms with Crippen LogP contribution in [0.2, 0.25) is 5.02 Å². The Hall–Kier alpha value is -5.82. The number of anilines is 2. The first kappa shape index (κ1) is 58.5. The summed E-state index contributed by atoms with van der Waals surface area (Å²) in [6, 6.07) is 23.0. The number of nitrogens with one attached hydrogen (secondary N) is 2. The van der Waals surface area contributed by atoms with E-state index in [0.29, 0.717) is 48.3 Å². The van der Waals surface area contributed by atoms with Crippen molar-refractivity contribution in [1.29, 1.82) is 0 Å². The number of halogens is 1. The van der Waals surface area contributed by atoms with E-state index in [4.69, 9.17) is 21.1 Å². The zero-order chi connectivity index (χ0) is 51.6. The van der Waals surface area contributed by atoms with Gasteiger partial charge in [0.1, 0.15) is 18.0 Å². The van der Waals surface area contributed by atoms with Crippen LogP contribution in [0.15, 0.2) is 97.8 Å². The minimum atomic E-state index is -0.233. The SMILES string of the molecule is CC(=O)N1CCC(Nc2cc(C(C)C)ncn2)CC1.CC(C)c1ccccc1Cl.CC(C)c1cccnc1.CCOc1ncccc1C(C)C.COC(=O)N1CCC(Nc2cc(C(C)C)ccn2)CC1. The van der Waals surface area contributed by atoms with Crippen LogP contribution in [0.4, 0.5) is 16.4 Å². The molecule has 2 saturated heterocycles. The van der Waals surface area contributed by atoms with Gasteiger partial charge in [0.2, 0.25) is 11.8 Å². The van der Waals surface area contributed by atoms with Crippen molar-refractivity contribution in [3.8, 4) is 5.88 Å². The maximum atomic E-state index is 11.4. The fraction of sp³-hybridized carbons (Fsp3) is 0.518. The number of carbonyl (C=O) groups is 2. The normalized spacial score (nSPS) is 13.8. The largest absolute Gasteiger partial charge is 0.478 e. The number of hydrogen-bond acceptors (Lipinski definition) is 11. The quantitative estimate of drug-likeness (QED) is 0.130. The summed E-state index contributed by atoms with van der Waals surface area (Å²) < 4.78 is 10.1. The molecule has 2 aliphatic rings. The number of amides is 2. The molecule has 6 heterocycles. The molecule has 0 spiro atoms. The number of piperidine rings is 2. The number of nitrogens with zero attached hydrogens (tertiary/aromatic N) is 7. The fourth-order valence-corrected chi connectivity index (χ4v) is 7.86. The molecule has 382 valence electrons. The second-order valence-corrected chi connectivity index (χ2v) is 19.4. The number of carbonyl (C=O) groups excluding carboxylic acids is 2. The molecule has 0 atom stereocenters. The van der Waals surface area contributed by atoms with E-state index in [0.717, 1.165) is 80.1 Å². The third-order valence-electron chi connectivity index (χ3n) is 11.9. The summed E-state index contributed by atoms with van der Waals surface area (Å²) in [5.74, 6) is 5.25. The van der Waals surface area contributed by atoms with Crippen LogP contribution in [0.25, 0.3) is 0 Å². The van der Waals surface area contributed by atoms with Crippen molar-refractivity contribution in [3.05, 3.63) is 131 Å². The summed E-state index contributed by atoms with van der Waals surface area (Å²) in [4.78, 5) is 47.4. The van der Waals surface area contributed by atoms with E-state index >= 15 is 0 Å². The maximum Gasteiger partial charge on any atom is 0.409 e. The van der Waals surface area contributed by atoms with Gasteiger partial charge in [-0.25, -0.2) is 24.7 Å². The molecular formula is C56H82ClN9O4. The number of likely N-dealkylation sites (tertiary alicyclic amines) is 2. The number of ether oxygens (including phenoxy) is 2. The predicted molar refractivity (Wildman–Crippen MR) is 287 cm³/mol. The summed E-state index contributed by atoms with van der Waals surface area (Å²) in [6.45, 7) is 28.9. The molecule has 5 aromatic rings. The molecule has 2 fully saturated rings. The fourth-order valence-electron chi connectivity index (χ4n) is 7.51. The van der Waals surface area contributed by atoms with E-state index in [9.17, 15) is 9.59 Å². The molecule has 13 nitrogen and oxygen atoms in total. The van der Waals surface area contributed by atoms with Crippen LogP contribution in [0.5, 0.6) is 5.88 Å². The number of rotatable bonds is 11. The van der Waals surface area contributed by atoms with Crippen molar-refractivity contribution >= 4 is 35.2 Å². The highest BCUT2D eigenvalue weighted by molar-refractivity contribution is 6.31. The minimum Gasteiger partial charge on any atom is -0.478 e. The van der Waals surface area contributed by atoms with Crippen molar-refractivity contribution in [1.82, 2.24) is 34.7 Å². The molecule has 7 rings (SSSR count). The van der Waals surface area contributed by atoms with Gasteiger partial charge in [-0.1, -0.05) is 111 Å². The van der Waals surface area contributed by atoms with Crippen LogP contribution in [0.1, 0.15) is 166 Å². The van der Waals surface area contributed by atoms with Crippen LogP contribution < -0.4 is 15.4 Å². The number of aromatic nitrogens is 5. The van der Waals surface area contributed by atoms with E-state index in [1.165, 1.54) is 29.4 Å². The number of benzene rings is 1. The number of hydrogen-bond donors (Lipinski definition) is 2. The average molecular weight is 981 g/mol. The van der Waals surface area contributed by atoms with Crippen molar-refractivity contribution in [2.24, 2.45) is 0 Å². The molecule has 2 aliphatic heterocycles.